The van der Waals surface area contributed by atoms with Crippen molar-refractivity contribution in [1.82, 2.24) is 0 Å². The molecule has 196 valence electrons. The molecule has 0 spiro atoms. The average Bonchev–Trinajstić information content (AvgIpc) is 2.85. The molecule has 4 aromatic rings. The molecule has 0 aromatic heterocycles. The van der Waals surface area contributed by atoms with Gasteiger partial charge in [0.1, 0.15) is 0 Å². The molecule has 0 fully saturated rings. The molecule has 38 heavy (non-hydrogen) atoms. The van der Waals surface area contributed by atoms with E-state index in [-0.39, 0.29) is 15.4 Å². The van der Waals surface area contributed by atoms with Crippen LogP contribution in [-0.2, 0) is 20.0 Å². The Hall–Kier alpha value is -4.15. The van der Waals surface area contributed by atoms with Crippen molar-refractivity contribution in [1.29, 1.82) is 0 Å². The van der Waals surface area contributed by atoms with Crippen LogP contribution in [0.5, 0.6) is 0 Å². The molecule has 0 atom stereocenters. The molecule has 8 nitrogen and oxygen atoms in total. The van der Waals surface area contributed by atoms with E-state index in [1.165, 1.54) is 36.4 Å². The number of carbonyl (C=O) groups excluding carboxylic acids is 1. The summed E-state index contributed by atoms with van der Waals surface area (Å²) < 4.78 is 56.5. The van der Waals surface area contributed by atoms with Crippen LogP contribution in [-0.4, -0.2) is 22.7 Å². The lowest BCUT2D eigenvalue weighted by Crippen LogP contribution is -2.17. The van der Waals surface area contributed by atoms with Crippen molar-refractivity contribution >= 4 is 43.0 Å². The van der Waals surface area contributed by atoms with Crippen molar-refractivity contribution in [2.45, 2.75) is 30.6 Å². The first-order valence-electron chi connectivity index (χ1n) is 11.6. The number of benzene rings is 4. The van der Waals surface area contributed by atoms with Gasteiger partial charge in [0.2, 0.25) is 0 Å². The molecule has 0 bridgehead atoms. The number of anilines is 3. The summed E-state index contributed by atoms with van der Waals surface area (Å²) in [6.45, 7) is 5.41. The van der Waals surface area contributed by atoms with Gasteiger partial charge in [-0.05, 0) is 92.6 Å². The minimum atomic E-state index is -3.94. The molecular weight excluding hydrogens is 522 g/mol. The van der Waals surface area contributed by atoms with Crippen molar-refractivity contribution in [2.24, 2.45) is 0 Å². The third-order valence-electron chi connectivity index (χ3n) is 5.74. The Morgan fingerprint density at radius 3 is 1.89 bits per heavy atom. The van der Waals surface area contributed by atoms with Crippen molar-refractivity contribution in [2.75, 3.05) is 14.8 Å². The van der Waals surface area contributed by atoms with Gasteiger partial charge in [-0.25, -0.2) is 16.8 Å². The number of nitrogens with one attached hydrogen (secondary N) is 3. The van der Waals surface area contributed by atoms with Gasteiger partial charge in [0.25, 0.3) is 26.0 Å². The fraction of sp³-hybridized carbons (Fsp3) is 0.107. The molecular formula is C28H27N3O5S2. The molecule has 0 aliphatic carbocycles. The maximum atomic E-state index is 13.0. The number of hydrogen-bond acceptors (Lipinski definition) is 5. The summed E-state index contributed by atoms with van der Waals surface area (Å²) >= 11 is 0. The molecule has 4 aromatic carbocycles. The summed E-state index contributed by atoms with van der Waals surface area (Å²) in [4.78, 5) is 12.9. The minimum absolute atomic E-state index is 0.0183. The van der Waals surface area contributed by atoms with Crippen LogP contribution < -0.4 is 14.8 Å². The van der Waals surface area contributed by atoms with E-state index in [4.69, 9.17) is 0 Å². The Kier molecular flexibility index (Phi) is 7.56. The van der Waals surface area contributed by atoms with Crippen LogP contribution in [0.25, 0.3) is 0 Å². The third kappa shape index (κ3) is 6.39. The van der Waals surface area contributed by atoms with Crippen LogP contribution in [0.1, 0.15) is 27.0 Å². The van der Waals surface area contributed by atoms with Gasteiger partial charge in [0.05, 0.1) is 9.79 Å². The lowest BCUT2D eigenvalue weighted by Gasteiger charge is -2.13. The second kappa shape index (κ2) is 10.7. The van der Waals surface area contributed by atoms with E-state index in [2.05, 4.69) is 14.8 Å². The lowest BCUT2D eigenvalue weighted by molar-refractivity contribution is 0.102. The third-order valence-corrected chi connectivity index (χ3v) is 8.66. The second-order valence-electron chi connectivity index (χ2n) is 8.91. The number of aryl methyl sites for hydroxylation is 3. The fourth-order valence-corrected chi connectivity index (χ4v) is 6.09. The van der Waals surface area contributed by atoms with Gasteiger partial charge in [-0.15, -0.1) is 0 Å². The van der Waals surface area contributed by atoms with E-state index < -0.39 is 26.0 Å². The molecule has 0 aliphatic rings. The summed E-state index contributed by atoms with van der Waals surface area (Å²) in [7, 11) is -7.76. The van der Waals surface area contributed by atoms with Crippen LogP contribution >= 0.6 is 0 Å². The summed E-state index contributed by atoms with van der Waals surface area (Å²) in [5.41, 5.74) is 3.75. The maximum absolute atomic E-state index is 13.0. The Morgan fingerprint density at radius 2 is 1.24 bits per heavy atom. The molecule has 10 heteroatoms. The number of rotatable bonds is 8. The predicted molar refractivity (Wildman–Crippen MR) is 150 cm³/mol. The first-order chi connectivity index (χ1) is 17.9. The summed E-state index contributed by atoms with van der Waals surface area (Å²) in [6, 6.07) is 24.0. The number of hydrogen-bond donors (Lipinski definition) is 3. The maximum Gasteiger partial charge on any atom is 0.262 e. The lowest BCUT2D eigenvalue weighted by atomic mass is 10.1. The van der Waals surface area contributed by atoms with Gasteiger partial charge in [-0.2, -0.15) is 0 Å². The Morgan fingerprint density at radius 1 is 0.605 bits per heavy atom. The van der Waals surface area contributed by atoms with E-state index in [0.29, 0.717) is 22.6 Å². The van der Waals surface area contributed by atoms with Gasteiger partial charge < -0.3 is 5.32 Å². The highest BCUT2D eigenvalue weighted by Gasteiger charge is 2.20. The Bertz CT molecular complexity index is 1700. The standard InChI is InChI=1S/C28H27N3O5S2/c1-19-7-11-24(12-8-19)30-37(33,34)26-15-13-23(14-16-26)29-28(32)22-10-9-21(3)27(18-22)38(35,36)31-25-6-4-5-20(2)17-25/h4-18,30-31H,1-3H3,(H,29,32). The van der Waals surface area contributed by atoms with E-state index in [1.54, 1.807) is 55.5 Å². The molecule has 0 heterocycles. The van der Waals surface area contributed by atoms with Crippen LogP contribution in [0.15, 0.2) is 101 Å². The first kappa shape index (κ1) is 26.9. The molecule has 3 N–H and O–H groups in total. The highest BCUT2D eigenvalue weighted by molar-refractivity contribution is 7.93. The second-order valence-corrected chi connectivity index (χ2v) is 12.2. The molecule has 0 saturated heterocycles. The predicted octanol–water partition coefficient (Wildman–Crippen LogP) is 5.47. The Balaban J connectivity index is 1.49. The fourth-order valence-electron chi connectivity index (χ4n) is 3.71. The monoisotopic (exact) mass is 549 g/mol. The largest absolute Gasteiger partial charge is 0.322 e. The highest BCUT2D eigenvalue weighted by Crippen LogP contribution is 2.23. The van der Waals surface area contributed by atoms with Crippen LogP contribution in [0.4, 0.5) is 17.1 Å². The van der Waals surface area contributed by atoms with Crippen LogP contribution in [0, 0.1) is 20.8 Å². The van der Waals surface area contributed by atoms with E-state index in [0.717, 1.165) is 11.1 Å². The van der Waals surface area contributed by atoms with Crippen molar-refractivity contribution in [3.63, 3.8) is 0 Å². The van der Waals surface area contributed by atoms with E-state index >= 15 is 0 Å². The summed E-state index contributed by atoms with van der Waals surface area (Å²) in [6.07, 6.45) is 0. The normalized spacial score (nSPS) is 11.6. The van der Waals surface area contributed by atoms with Gasteiger partial charge in [-0.1, -0.05) is 35.9 Å². The molecule has 0 aliphatic heterocycles. The topological polar surface area (TPSA) is 121 Å². The molecule has 1 amide bonds. The molecule has 0 unspecified atom stereocenters. The van der Waals surface area contributed by atoms with Gasteiger partial charge >= 0.3 is 0 Å². The smallest absolute Gasteiger partial charge is 0.262 e. The zero-order valence-electron chi connectivity index (χ0n) is 21.0. The van der Waals surface area contributed by atoms with Crippen molar-refractivity contribution < 1.29 is 21.6 Å². The first-order valence-corrected chi connectivity index (χ1v) is 14.6. The number of carbonyl (C=O) groups is 1. The molecule has 4 rings (SSSR count). The molecule has 0 radical (unpaired) electrons. The zero-order valence-corrected chi connectivity index (χ0v) is 22.7. The number of amides is 1. The average molecular weight is 550 g/mol. The minimum Gasteiger partial charge on any atom is -0.322 e. The van der Waals surface area contributed by atoms with E-state index in [9.17, 15) is 21.6 Å². The summed E-state index contributed by atoms with van der Waals surface area (Å²) in [5.74, 6) is -0.537. The molecule has 0 saturated carbocycles. The quantitative estimate of drug-likeness (QED) is 0.269. The SMILES string of the molecule is Cc1ccc(NS(=O)(=O)c2ccc(NC(=O)c3ccc(C)c(S(=O)(=O)Nc4cccc(C)c4)c3)cc2)cc1. The van der Waals surface area contributed by atoms with Crippen molar-refractivity contribution in [3.05, 3.63) is 113 Å². The van der Waals surface area contributed by atoms with E-state index in [1.807, 2.05) is 19.9 Å². The Labute approximate surface area is 222 Å². The van der Waals surface area contributed by atoms with Gasteiger partial charge in [-0.3, -0.25) is 14.2 Å². The number of sulfonamides is 2. The zero-order chi connectivity index (χ0) is 27.5. The van der Waals surface area contributed by atoms with Gasteiger partial charge in [0, 0.05) is 22.6 Å². The highest BCUT2D eigenvalue weighted by atomic mass is 32.2. The summed E-state index contributed by atoms with van der Waals surface area (Å²) in [5, 5.41) is 2.68. The van der Waals surface area contributed by atoms with Crippen LogP contribution in [0.2, 0.25) is 0 Å². The van der Waals surface area contributed by atoms with Crippen LogP contribution in [0.3, 0.4) is 0 Å². The van der Waals surface area contributed by atoms with Crippen molar-refractivity contribution in [3.8, 4) is 0 Å². The van der Waals surface area contributed by atoms with Gasteiger partial charge in [0.15, 0.2) is 0 Å².